The summed E-state index contributed by atoms with van der Waals surface area (Å²) >= 11 is 0. The normalized spacial score (nSPS) is 27.3. The minimum Gasteiger partial charge on any atom is -0.477 e. The molecule has 0 bridgehead atoms. The number of carbonyl (C=O) groups excluding carboxylic acids is 2. The molecule has 18 unspecified atom stereocenters. The third-order valence-corrected chi connectivity index (χ3v) is 20.0. The van der Waals surface area contributed by atoms with Gasteiger partial charge in [-0.15, -0.1) is 0 Å². The standard InChI is InChI=1S/C75H140N2O21/c1-4-6-8-10-12-14-16-17-18-19-20-21-22-23-24-25-26-27-28-29-30-31-32-33-34-35-36-37-39-41-43-45-47-49-62(85)77-56(57(82)48-46-44-42-40-38-15-13-11-9-7-5-2)54-93-72-67(89)66(88)69(61(53-80)95-72)96-73-68(90)71(65(87)60(52-79)94-73)98-75(74(91)92)50-58(83)63(76-55(3)81)70(97-75)64(86)59(84)51-78/h23-24,56-61,63-73,78-80,82-84,86-90H,4-22,25-54H2,1-3H3,(H,76,81)(H,77,85)(H,91,92)/b24-23-. The molecule has 18 atom stereocenters. The average molecular weight is 1410 g/mol. The van der Waals surface area contributed by atoms with Gasteiger partial charge in [0.2, 0.25) is 11.8 Å². The fourth-order valence-corrected chi connectivity index (χ4v) is 13.8. The Bertz CT molecular complexity index is 2010. The Hall–Kier alpha value is -2.53. The van der Waals surface area contributed by atoms with Crippen molar-refractivity contribution in [3.63, 3.8) is 0 Å². The van der Waals surface area contributed by atoms with E-state index in [9.17, 15) is 75.7 Å². The van der Waals surface area contributed by atoms with Crippen LogP contribution in [0.25, 0.3) is 0 Å². The third-order valence-electron chi connectivity index (χ3n) is 20.0. The van der Waals surface area contributed by atoms with E-state index in [0.717, 1.165) is 58.3 Å². The first-order valence-electron chi connectivity index (χ1n) is 39.0. The van der Waals surface area contributed by atoms with E-state index in [-0.39, 0.29) is 18.9 Å². The molecule has 576 valence electrons. The lowest BCUT2D eigenvalue weighted by atomic mass is 9.88. The zero-order chi connectivity index (χ0) is 71.8. The van der Waals surface area contributed by atoms with Crippen molar-refractivity contribution in [2.75, 3.05) is 26.4 Å². The molecule has 3 fully saturated rings. The summed E-state index contributed by atoms with van der Waals surface area (Å²) < 4.78 is 34.9. The SMILES string of the molecule is CCCCCCCCCCCCCC/C=C\CCCCCCCCCCCCCCCCCCCC(=O)NC(COC1OC(CO)C(OC2OC(CO)C(O)C(OC3(C(=O)O)CC(O)C(NC(C)=O)C(C(O)C(O)CO)O3)C2O)C(O)C1O)C(O)CCCCCCCCCCCCC. The molecule has 0 radical (unpaired) electrons. The zero-order valence-electron chi connectivity index (χ0n) is 60.7. The Morgan fingerprint density at radius 1 is 0.520 bits per heavy atom. The van der Waals surface area contributed by atoms with Crippen molar-refractivity contribution in [3.8, 4) is 0 Å². The van der Waals surface area contributed by atoms with Crippen molar-refractivity contribution in [3.05, 3.63) is 12.2 Å². The van der Waals surface area contributed by atoms with Crippen LogP contribution in [0.15, 0.2) is 12.2 Å². The van der Waals surface area contributed by atoms with Gasteiger partial charge in [0.05, 0.1) is 50.7 Å². The number of carboxylic acids is 1. The second kappa shape index (κ2) is 55.0. The number of aliphatic hydroxyl groups excluding tert-OH is 11. The Morgan fingerprint density at radius 3 is 1.38 bits per heavy atom. The van der Waals surface area contributed by atoms with Crippen LogP contribution in [0.1, 0.15) is 310 Å². The van der Waals surface area contributed by atoms with Crippen LogP contribution in [-0.4, -0.2) is 215 Å². The number of ether oxygens (including phenoxy) is 6. The van der Waals surface area contributed by atoms with E-state index in [1.54, 1.807) is 0 Å². The first-order chi connectivity index (χ1) is 47.4. The molecule has 0 spiro atoms. The predicted octanol–water partition coefficient (Wildman–Crippen LogP) is 9.41. The van der Waals surface area contributed by atoms with Crippen LogP contribution in [0.2, 0.25) is 0 Å². The molecule has 0 saturated carbocycles. The van der Waals surface area contributed by atoms with Gasteiger partial charge in [-0.1, -0.05) is 264 Å². The summed E-state index contributed by atoms with van der Waals surface area (Å²) in [5, 5.41) is 136. The first-order valence-corrected chi connectivity index (χ1v) is 39.0. The van der Waals surface area contributed by atoms with Crippen LogP contribution >= 0.6 is 0 Å². The highest BCUT2D eigenvalue weighted by Gasteiger charge is 2.60. The molecular weight excluding hydrogens is 1260 g/mol. The Balaban J connectivity index is 1.43. The Labute approximate surface area is 588 Å². The highest BCUT2D eigenvalue weighted by Crippen LogP contribution is 2.39. The Kier molecular flexibility index (Phi) is 50.4. The lowest BCUT2D eigenvalue weighted by Crippen LogP contribution is -2.70. The molecule has 3 rings (SSSR count). The van der Waals surface area contributed by atoms with Crippen molar-refractivity contribution >= 4 is 17.8 Å². The number of hydrogen-bond acceptors (Lipinski definition) is 20. The number of unbranched alkanes of at least 4 members (excludes halogenated alkanes) is 39. The monoisotopic (exact) mass is 1400 g/mol. The number of amides is 2. The second-order valence-corrected chi connectivity index (χ2v) is 28.6. The van der Waals surface area contributed by atoms with Crippen molar-refractivity contribution in [2.24, 2.45) is 0 Å². The summed E-state index contributed by atoms with van der Waals surface area (Å²) in [5.74, 6) is -6.09. The van der Waals surface area contributed by atoms with Gasteiger partial charge in [0.1, 0.15) is 67.1 Å². The van der Waals surface area contributed by atoms with Crippen molar-refractivity contribution in [2.45, 2.75) is 420 Å². The van der Waals surface area contributed by atoms with E-state index in [0.29, 0.717) is 19.3 Å². The van der Waals surface area contributed by atoms with Crippen molar-refractivity contribution in [1.29, 1.82) is 0 Å². The van der Waals surface area contributed by atoms with E-state index < -0.39 is 148 Å². The Morgan fingerprint density at radius 2 is 0.949 bits per heavy atom. The smallest absolute Gasteiger partial charge is 0.364 e. The maximum atomic E-state index is 13.5. The molecule has 3 heterocycles. The van der Waals surface area contributed by atoms with Gasteiger partial charge in [-0.3, -0.25) is 9.59 Å². The topological polar surface area (TPSA) is 373 Å². The molecular formula is C75H140N2O21. The zero-order valence-corrected chi connectivity index (χ0v) is 60.7. The van der Waals surface area contributed by atoms with Crippen LogP contribution in [0.3, 0.4) is 0 Å². The molecule has 0 aromatic rings. The minimum atomic E-state index is -3.08. The van der Waals surface area contributed by atoms with E-state index in [4.69, 9.17) is 28.4 Å². The fourth-order valence-electron chi connectivity index (χ4n) is 13.8. The summed E-state index contributed by atoms with van der Waals surface area (Å²) in [6.45, 7) is 2.21. The summed E-state index contributed by atoms with van der Waals surface area (Å²) in [6.07, 6.45) is 28.2. The molecule has 0 aromatic carbocycles. The molecule has 98 heavy (non-hydrogen) atoms. The molecule has 2 amide bonds. The van der Waals surface area contributed by atoms with Gasteiger partial charge in [0, 0.05) is 19.8 Å². The lowest BCUT2D eigenvalue weighted by molar-refractivity contribution is -0.386. The number of carbonyl (C=O) groups is 3. The maximum absolute atomic E-state index is 13.5. The number of nitrogens with one attached hydrogen (secondary N) is 2. The van der Waals surface area contributed by atoms with Gasteiger partial charge in [-0.25, -0.2) is 4.79 Å². The van der Waals surface area contributed by atoms with Crippen LogP contribution in [0.5, 0.6) is 0 Å². The molecule has 14 N–H and O–H groups in total. The maximum Gasteiger partial charge on any atom is 0.364 e. The third kappa shape index (κ3) is 35.8. The van der Waals surface area contributed by atoms with Gasteiger partial charge >= 0.3 is 5.97 Å². The number of aliphatic carboxylic acids is 1. The van der Waals surface area contributed by atoms with Gasteiger partial charge in [0.25, 0.3) is 5.79 Å². The van der Waals surface area contributed by atoms with E-state index in [2.05, 4.69) is 36.6 Å². The van der Waals surface area contributed by atoms with Gasteiger partial charge in [0.15, 0.2) is 12.6 Å². The lowest BCUT2D eigenvalue weighted by Gasteiger charge is -2.50. The van der Waals surface area contributed by atoms with Crippen LogP contribution in [0.4, 0.5) is 0 Å². The second-order valence-electron chi connectivity index (χ2n) is 28.6. The van der Waals surface area contributed by atoms with Gasteiger partial charge in [-0.2, -0.15) is 0 Å². The van der Waals surface area contributed by atoms with Crippen LogP contribution in [-0.2, 0) is 42.8 Å². The number of carboxylic acid groups (broad SMARTS) is 1. The number of hydrogen-bond donors (Lipinski definition) is 14. The highest BCUT2D eigenvalue weighted by atomic mass is 16.8. The molecule has 23 heteroatoms. The highest BCUT2D eigenvalue weighted by molar-refractivity contribution is 5.77. The summed E-state index contributed by atoms with van der Waals surface area (Å²) in [5.41, 5.74) is 0. The summed E-state index contributed by atoms with van der Waals surface area (Å²) in [4.78, 5) is 38.6. The molecule has 3 aliphatic heterocycles. The molecule has 0 aliphatic carbocycles. The number of allylic oxidation sites excluding steroid dienone is 2. The summed E-state index contributed by atoms with van der Waals surface area (Å²) in [7, 11) is 0. The van der Waals surface area contributed by atoms with Gasteiger partial charge in [-0.05, 0) is 38.5 Å². The fraction of sp³-hybridized carbons (Fsp3) is 0.933. The summed E-state index contributed by atoms with van der Waals surface area (Å²) in [6, 6.07) is -2.53. The predicted molar refractivity (Wildman–Crippen MR) is 375 cm³/mol. The molecule has 3 aliphatic rings. The van der Waals surface area contributed by atoms with E-state index >= 15 is 0 Å². The van der Waals surface area contributed by atoms with Crippen LogP contribution in [0, 0.1) is 0 Å². The minimum absolute atomic E-state index is 0.227. The molecule has 0 aromatic heterocycles. The molecule has 3 saturated heterocycles. The largest absolute Gasteiger partial charge is 0.477 e. The van der Waals surface area contributed by atoms with E-state index in [1.807, 2.05) is 0 Å². The number of rotatable bonds is 61. The first kappa shape index (κ1) is 89.7. The van der Waals surface area contributed by atoms with Crippen LogP contribution < -0.4 is 10.6 Å². The van der Waals surface area contributed by atoms with E-state index in [1.165, 1.54) is 205 Å². The number of aliphatic hydroxyl groups is 11. The average Bonchev–Trinajstić information content (AvgIpc) is 0.757. The molecule has 23 nitrogen and oxygen atoms in total. The van der Waals surface area contributed by atoms with Gasteiger partial charge < -0.3 is 100 Å². The van der Waals surface area contributed by atoms with Crippen molar-refractivity contribution < 1.29 is 104 Å². The quantitative estimate of drug-likeness (QED) is 0.0199. The van der Waals surface area contributed by atoms with Crippen molar-refractivity contribution in [1.82, 2.24) is 10.6 Å².